The van der Waals surface area contributed by atoms with Crippen molar-refractivity contribution >= 4 is 5.91 Å². The van der Waals surface area contributed by atoms with Gasteiger partial charge in [0, 0.05) is 29.8 Å². The number of hydrogen-bond acceptors (Lipinski definition) is 4. The molecule has 0 aliphatic heterocycles. The zero-order valence-corrected chi connectivity index (χ0v) is 14.3. The summed E-state index contributed by atoms with van der Waals surface area (Å²) in [5.41, 5.74) is 7.62. The maximum Gasteiger partial charge on any atom is 0.250 e. The fraction of sp³-hybridized carbons (Fsp3) is 0.190. The van der Waals surface area contributed by atoms with Crippen LogP contribution >= 0.6 is 0 Å². The monoisotopic (exact) mass is 345 g/mol. The largest absolute Gasteiger partial charge is 0.379 e. The van der Waals surface area contributed by atoms with Gasteiger partial charge in [-0.15, -0.1) is 0 Å². The molecular formula is C21H19N3O2. The average molecular weight is 345 g/mol. The maximum absolute atomic E-state index is 11.9. The van der Waals surface area contributed by atoms with E-state index in [0.717, 1.165) is 22.3 Å². The fourth-order valence-corrected chi connectivity index (χ4v) is 3.62. The van der Waals surface area contributed by atoms with Crippen molar-refractivity contribution in [1.29, 1.82) is 0 Å². The Bertz CT molecular complexity index is 939. The molecule has 0 saturated heterocycles. The van der Waals surface area contributed by atoms with Gasteiger partial charge in [0.1, 0.15) is 0 Å². The molecule has 1 saturated carbocycles. The predicted octanol–water partition coefficient (Wildman–Crippen LogP) is 2.55. The third-order valence-electron chi connectivity index (χ3n) is 5.03. The van der Waals surface area contributed by atoms with Crippen LogP contribution in [-0.2, 0) is 4.79 Å². The van der Waals surface area contributed by atoms with Crippen molar-refractivity contribution < 1.29 is 9.90 Å². The third kappa shape index (κ3) is 2.57. The van der Waals surface area contributed by atoms with Crippen LogP contribution in [0.1, 0.15) is 28.5 Å². The van der Waals surface area contributed by atoms with Crippen molar-refractivity contribution in [2.75, 3.05) is 0 Å². The summed E-state index contributed by atoms with van der Waals surface area (Å²) in [6, 6.07) is 17.1. The summed E-state index contributed by atoms with van der Waals surface area (Å²) in [4.78, 5) is 20.6. The minimum absolute atomic E-state index is 0.331. The Morgan fingerprint density at radius 3 is 2.04 bits per heavy atom. The number of aromatic nitrogens is 2. The summed E-state index contributed by atoms with van der Waals surface area (Å²) in [6.07, 6.45) is 3.54. The number of benzene rings is 2. The van der Waals surface area contributed by atoms with Gasteiger partial charge in [-0.3, -0.25) is 4.79 Å². The molecular weight excluding hydrogens is 326 g/mol. The molecule has 1 heterocycles. The highest BCUT2D eigenvalue weighted by atomic mass is 16.3. The van der Waals surface area contributed by atoms with Gasteiger partial charge in [-0.2, -0.15) is 0 Å². The first-order chi connectivity index (χ1) is 12.5. The van der Waals surface area contributed by atoms with Crippen LogP contribution in [0.3, 0.4) is 0 Å². The van der Waals surface area contributed by atoms with Gasteiger partial charge in [0.15, 0.2) is 11.4 Å². The third-order valence-corrected chi connectivity index (χ3v) is 5.03. The van der Waals surface area contributed by atoms with E-state index in [1.165, 1.54) is 0 Å². The van der Waals surface area contributed by atoms with E-state index in [-0.39, 0.29) is 11.8 Å². The molecule has 1 aliphatic carbocycles. The molecule has 1 aromatic heterocycles. The van der Waals surface area contributed by atoms with Crippen LogP contribution in [0.15, 0.2) is 67.0 Å². The van der Waals surface area contributed by atoms with E-state index >= 15 is 0 Å². The molecule has 0 spiro atoms. The number of carbonyl (C=O) groups excluding carboxylic acids is 1. The van der Waals surface area contributed by atoms with Gasteiger partial charge in [-0.05, 0) is 23.6 Å². The number of rotatable bonds is 4. The number of amides is 1. The van der Waals surface area contributed by atoms with Gasteiger partial charge in [0.25, 0.3) is 5.91 Å². The molecule has 1 amide bonds. The highest BCUT2D eigenvalue weighted by Crippen LogP contribution is 2.63. The Kier molecular flexibility index (Phi) is 3.81. The minimum Gasteiger partial charge on any atom is -0.379 e. The topological polar surface area (TPSA) is 89.1 Å². The molecule has 3 N–H and O–H groups in total. The highest BCUT2D eigenvalue weighted by molar-refractivity contribution is 5.91. The zero-order chi connectivity index (χ0) is 18.3. The fourth-order valence-electron chi connectivity index (χ4n) is 3.62. The number of hydrogen-bond donors (Lipinski definition) is 2. The highest BCUT2D eigenvalue weighted by Gasteiger charge is 2.69. The van der Waals surface area contributed by atoms with Crippen LogP contribution < -0.4 is 5.73 Å². The van der Waals surface area contributed by atoms with Crippen LogP contribution in [0.4, 0.5) is 0 Å². The van der Waals surface area contributed by atoms with E-state index < -0.39 is 11.5 Å². The lowest BCUT2D eigenvalue weighted by Crippen LogP contribution is -2.33. The minimum atomic E-state index is -1.55. The number of primary amides is 1. The summed E-state index contributed by atoms with van der Waals surface area (Å²) in [5, 5.41) is 10.9. The van der Waals surface area contributed by atoms with E-state index in [0.29, 0.717) is 5.82 Å². The summed E-state index contributed by atoms with van der Waals surface area (Å²) >= 11 is 0. The lowest BCUT2D eigenvalue weighted by atomic mass is 10.0. The van der Waals surface area contributed by atoms with Crippen molar-refractivity contribution in [3.05, 3.63) is 83.7 Å². The molecule has 0 radical (unpaired) electrons. The molecule has 3 unspecified atom stereocenters. The van der Waals surface area contributed by atoms with E-state index in [2.05, 4.69) is 9.97 Å². The van der Waals surface area contributed by atoms with Gasteiger partial charge in [-0.25, -0.2) is 9.97 Å². The first-order valence-electron chi connectivity index (χ1n) is 8.48. The Balaban J connectivity index is 1.66. The molecule has 3 aromatic rings. The van der Waals surface area contributed by atoms with Crippen LogP contribution in [0, 0.1) is 6.92 Å². The molecule has 26 heavy (non-hydrogen) atoms. The van der Waals surface area contributed by atoms with Crippen LogP contribution in [-0.4, -0.2) is 26.6 Å². The molecule has 5 heteroatoms. The van der Waals surface area contributed by atoms with Gasteiger partial charge >= 0.3 is 0 Å². The van der Waals surface area contributed by atoms with Crippen LogP contribution in [0.25, 0.3) is 11.4 Å². The van der Waals surface area contributed by atoms with E-state index in [4.69, 9.17) is 5.73 Å². The predicted molar refractivity (Wildman–Crippen MR) is 98.3 cm³/mol. The Labute approximate surface area is 151 Å². The number of nitrogens with two attached hydrogens (primary N) is 1. The average Bonchev–Trinajstić information content (AvgIpc) is 3.31. The molecule has 2 aromatic carbocycles. The SMILES string of the molecule is Cc1cnc(-c2ccc(C3C(c4ccccc4)C3(O)C(N)=O)cc2)nc1. The standard InChI is InChI=1S/C21H19N3O2/c1-13-11-23-19(24-12-13)16-9-7-15(8-10-16)18-17(21(18,26)20(22)25)14-5-3-2-4-6-14/h2-12,17-18,26H,1H3,(H2,22,25). The van der Waals surface area contributed by atoms with Gasteiger partial charge < -0.3 is 10.8 Å². The number of aliphatic hydroxyl groups is 1. The van der Waals surface area contributed by atoms with Crippen molar-refractivity contribution in [2.24, 2.45) is 5.73 Å². The van der Waals surface area contributed by atoms with Crippen molar-refractivity contribution in [2.45, 2.75) is 24.4 Å². The lowest BCUT2D eigenvalue weighted by Gasteiger charge is -2.06. The second-order valence-corrected chi connectivity index (χ2v) is 6.76. The molecule has 0 bridgehead atoms. The summed E-state index contributed by atoms with van der Waals surface area (Å²) in [5.74, 6) is -0.733. The van der Waals surface area contributed by atoms with Crippen molar-refractivity contribution in [3.8, 4) is 11.4 Å². The Morgan fingerprint density at radius 2 is 1.50 bits per heavy atom. The molecule has 3 atom stereocenters. The molecule has 130 valence electrons. The van der Waals surface area contributed by atoms with Gasteiger partial charge in [0.2, 0.25) is 0 Å². The molecule has 1 aliphatic rings. The lowest BCUT2D eigenvalue weighted by molar-refractivity contribution is -0.128. The number of aryl methyl sites for hydroxylation is 1. The quantitative estimate of drug-likeness (QED) is 0.760. The van der Waals surface area contributed by atoms with E-state index in [1.54, 1.807) is 12.4 Å². The van der Waals surface area contributed by atoms with Crippen molar-refractivity contribution in [1.82, 2.24) is 9.97 Å². The van der Waals surface area contributed by atoms with E-state index in [9.17, 15) is 9.90 Å². The Morgan fingerprint density at radius 1 is 0.962 bits per heavy atom. The summed E-state index contributed by atoms with van der Waals surface area (Å²) in [6.45, 7) is 1.94. The van der Waals surface area contributed by atoms with Gasteiger partial charge in [-0.1, -0.05) is 54.6 Å². The van der Waals surface area contributed by atoms with E-state index in [1.807, 2.05) is 61.5 Å². The van der Waals surface area contributed by atoms with Crippen LogP contribution in [0.2, 0.25) is 0 Å². The second-order valence-electron chi connectivity index (χ2n) is 6.76. The number of nitrogens with zero attached hydrogens (tertiary/aromatic N) is 2. The molecule has 5 nitrogen and oxygen atoms in total. The first kappa shape index (κ1) is 16.4. The maximum atomic E-state index is 11.9. The van der Waals surface area contributed by atoms with Gasteiger partial charge in [0.05, 0.1) is 0 Å². The second kappa shape index (κ2) is 6.04. The normalized spacial score (nSPS) is 24.2. The van der Waals surface area contributed by atoms with Crippen LogP contribution in [0.5, 0.6) is 0 Å². The smallest absolute Gasteiger partial charge is 0.250 e. The number of carbonyl (C=O) groups is 1. The summed E-state index contributed by atoms with van der Waals surface area (Å²) in [7, 11) is 0. The zero-order valence-electron chi connectivity index (χ0n) is 14.3. The molecule has 1 fully saturated rings. The molecule has 4 rings (SSSR count). The first-order valence-corrected chi connectivity index (χ1v) is 8.48. The Hall–Kier alpha value is -3.05. The van der Waals surface area contributed by atoms with Crippen molar-refractivity contribution in [3.63, 3.8) is 0 Å². The summed E-state index contributed by atoms with van der Waals surface area (Å²) < 4.78 is 0.